The van der Waals surface area contributed by atoms with E-state index in [0.29, 0.717) is 17.1 Å². The zero-order chi connectivity index (χ0) is 13.9. The highest BCUT2D eigenvalue weighted by Crippen LogP contribution is 2.26. The van der Waals surface area contributed by atoms with Crippen LogP contribution in [0.1, 0.15) is 29.1 Å². The average molecular weight is 295 g/mol. The summed E-state index contributed by atoms with van der Waals surface area (Å²) < 4.78 is 0. The zero-order valence-corrected chi connectivity index (χ0v) is 12.4. The van der Waals surface area contributed by atoms with E-state index in [2.05, 4.69) is 30.2 Å². The Morgan fingerprint density at radius 2 is 2.26 bits per heavy atom. The van der Waals surface area contributed by atoms with Crippen molar-refractivity contribution in [3.05, 3.63) is 51.4 Å². The third-order valence-corrected chi connectivity index (χ3v) is 4.46. The molecule has 0 aliphatic rings. The van der Waals surface area contributed by atoms with Gasteiger partial charge in [-0.2, -0.15) is 0 Å². The van der Waals surface area contributed by atoms with Crippen LogP contribution in [0.2, 0.25) is 5.02 Å². The Kier molecular flexibility index (Phi) is 4.22. The molecule has 0 aromatic carbocycles. The number of aromatic nitrogens is 1. The Labute approximate surface area is 121 Å². The number of rotatable bonds is 4. The number of halogens is 1. The Balaban J connectivity index is 2.03. The third-order valence-electron chi connectivity index (χ3n) is 2.89. The van der Waals surface area contributed by atoms with Gasteiger partial charge >= 0.3 is 0 Å². The van der Waals surface area contributed by atoms with Crippen molar-refractivity contribution in [1.29, 1.82) is 0 Å². The first-order valence-electron chi connectivity index (χ1n) is 5.92. The summed E-state index contributed by atoms with van der Waals surface area (Å²) in [6.45, 7) is 4.76. The van der Waals surface area contributed by atoms with Gasteiger partial charge in [-0.1, -0.05) is 31.5 Å². The molecule has 19 heavy (non-hydrogen) atoms. The summed E-state index contributed by atoms with van der Waals surface area (Å²) in [6.07, 6.45) is 3.05. The highest BCUT2D eigenvalue weighted by Gasteiger charge is 2.23. The monoisotopic (exact) mass is 294 g/mol. The summed E-state index contributed by atoms with van der Waals surface area (Å²) in [6, 6.07) is 5.70. The summed E-state index contributed by atoms with van der Waals surface area (Å²) in [4.78, 5) is 17.2. The first kappa shape index (κ1) is 14.0. The predicted molar refractivity (Wildman–Crippen MR) is 78.9 cm³/mol. The van der Waals surface area contributed by atoms with Crippen molar-refractivity contribution in [3.8, 4) is 0 Å². The normalized spacial score (nSPS) is 11.3. The molecule has 0 atom stereocenters. The van der Waals surface area contributed by atoms with E-state index in [1.807, 2.05) is 11.4 Å². The number of pyridine rings is 1. The molecule has 0 aliphatic carbocycles. The second-order valence-electron chi connectivity index (χ2n) is 4.90. The minimum absolute atomic E-state index is 0.0987. The number of nitrogens with zero attached hydrogens (tertiary/aromatic N) is 1. The lowest BCUT2D eigenvalue weighted by molar-refractivity contribution is 0.0945. The van der Waals surface area contributed by atoms with E-state index < -0.39 is 0 Å². The van der Waals surface area contributed by atoms with E-state index in [9.17, 15) is 4.79 Å². The molecule has 0 radical (unpaired) electrons. The Morgan fingerprint density at radius 3 is 2.89 bits per heavy atom. The smallest absolute Gasteiger partial charge is 0.254 e. The van der Waals surface area contributed by atoms with Crippen LogP contribution in [0.3, 0.4) is 0 Å². The number of hydrogen-bond acceptors (Lipinski definition) is 3. The number of thiophene rings is 1. The van der Waals surface area contributed by atoms with Crippen LogP contribution in [0.4, 0.5) is 0 Å². The quantitative estimate of drug-likeness (QED) is 0.937. The number of amides is 1. The molecule has 1 amide bonds. The van der Waals surface area contributed by atoms with Gasteiger partial charge in [-0.05, 0) is 17.5 Å². The maximum Gasteiger partial charge on any atom is 0.254 e. The van der Waals surface area contributed by atoms with Crippen LogP contribution in [-0.4, -0.2) is 17.4 Å². The van der Waals surface area contributed by atoms with E-state index in [1.165, 1.54) is 11.1 Å². The van der Waals surface area contributed by atoms with Crippen molar-refractivity contribution in [2.75, 3.05) is 6.54 Å². The molecule has 2 rings (SSSR count). The summed E-state index contributed by atoms with van der Waals surface area (Å²) in [5.74, 6) is -0.192. The van der Waals surface area contributed by atoms with E-state index >= 15 is 0 Å². The standard InChI is InChI=1S/C14H15ClN2OS/c1-14(2,12-4-3-7-19-12)9-17-13(18)10-8-16-6-5-11(10)15/h3-8H,9H2,1-2H3,(H,17,18). The van der Waals surface area contributed by atoms with Gasteiger partial charge in [-0.15, -0.1) is 11.3 Å². The van der Waals surface area contributed by atoms with Crippen LogP contribution >= 0.6 is 22.9 Å². The summed E-state index contributed by atoms with van der Waals surface area (Å²) in [5, 5.41) is 5.37. The molecule has 100 valence electrons. The lowest BCUT2D eigenvalue weighted by atomic mass is 9.91. The van der Waals surface area contributed by atoms with Crippen LogP contribution in [0.25, 0.3) is 0 Å². The predicted octanol–water partition coefficient (Wildman–Crippen LogP) is 3.50. The molecule has 1 N–H and O–H groups in total. The highest BCUT2D eigenvalue weighted by molar-refractivity contribution is 7.10. The van der Waals surface area contributed by atoms with E-state index in [1.54, 1.807) is 23.6 Å². The van der Waals surface area contributed by atoms with E-state index in [-0.39, 0.29) is 11.3 Å². The van der Waals surface area contributed by atoms with Crippen molar-refractivity contribution >= 4 is 28.8 Å². The number of carbonyl (C=O) groups excluding carboxylic acids is 1. The summed E-state index contributed by atoms with van der Waals surface area (Å²) >= 11 is 7.66. The molecule has 2 heterocycles. The Morgan fingerprint density at radius 1 is 1.47 bits per heavy atom. The molecule has 2 aromatic heterocycles. The molecule has 0 saturated heterocycles. The van der Waals surface area contributed by atoms with Gasteiger partial charge in [0.15, 0.2) is 0 Å². The molecule has 0 unspecified atom stereocenters. The molecule has 0 bridgehead atoms. The molecular weight excluding hydrogens is 280 g/mol. The molecule has 2 aromatic rings. The molecule has 0 aliphatic heterocycles. The fourth-order valence-electron chi connectivity index (χ4n) is 1.69. The van der Waals surface area contributed by atoms with Crippen molar-refractivity contribution in [2.45, 2.75) is 19.3 Å². The van der Waals surface area contributed by atoms with Crippen molar-refractivity contribution in [1.82, 2.24) is 10.3 Å². The minimum Gasteiger partial charge on any atom is -0.351 e. The maximum absolute atomic E-state index is 12.0. The van der Waals surface area contributed by atoms with Crippen molar-refractivity contribution in [2.24, 2.45) is 0 Å². The number of hydrogen-bond donors (Lipinski definition) is 1. The van der Waals surface area contributed by atoms with Gasteiger partial charge < -0.3 is 5.32 Å². The molecule has 5 heteroatoms. The Bertz CT molecular complexity index is 567. The lowest BCUT2D eigenvalue weighted by Crippen LogP contribution is -2.36. The Hall–Kier alpha value is -1.39. The lowest BCUT2D eigenvalue weighted by Gasteiger charge is -2.23. The number of carbonyl (C=O) groups is 1. The second-order valence-corrected chi connectivity index (χ2v) is 6.25. The number of nitrogens with one attached hydrogen (secondary N) is 1. The molecule has 3 nitrogen and oxygen atoms in total. The second kappa shape index (κ2) is 5.72. The van der Waals surface area contributed by atoms with Crippen LogP contribution in [0.5, 0.6) is 0 Å². The van der Waals surface area contributed by atoms with Crippen LogP contribution < -0.4 is 5.32 Å². The molecule has 0 spiro atoms. The van der Waals surface area contributed by atoms with E-state index in [0.717, 1.165) is 0 Å². The molecule has 0 fully saturated rings. The van der Waals surface area contributed by atoms with Crippen LogP contribution in [0, 0.1) is 0 Å². The van der Waals surface area contributed by atoms with Crippen LogP contribution in [0.15, 0.2) is 36.0 Å². The van der Waals surface area contributed by atoms with Gasteiger partial charge in [0.25, 0.3) is 5.91 Å². The highest BCUT2D eigenvalue weighted by atomic mass is 35.5. The summed E-state index contributed by atoms with van der Waals surface area (Å²) in [5.41, 5.74) is 0.310. The van der Waals surface area contributed by atoms with Gasteiger partial charge in [0.05, 0.1) is 10.6 Å². The largest absolute Gasteiger partial charge is 0.351 e. The average Bonchev–Trinajstić information content (AvgIpc) is 2.91. The third kappa shape index (κ3) is 3.33. The summed E-state index contributed by atoms with van der Waals surface area (Å²) in [7, 11) is 0. The fraction of sp³-hybridized carbons (Fsp3) is 0.286. The van der Waals surface area contributed by atoms with Gasteiger partial charge in [0.1, 0.15) is 0 Å². The van der Waals surface area contributed by atoms with Gasteiger partial charge in [-0.3, -0.25) is 9.78 Å². The fourth-order valence-corrected chi connectivity index (χ4v) is 2.73. The minimum atomic E-state index is -0.192. The van der Waals surface area contributed by atoms with Gasteiger partial charge in [0.2, 0.25) is 0 Å². The van der Waals surface area contributed by atoms with Crippen molar-refractivity contribution < 1.29 is 4.79 Å². The molecular formula is C14H15ClN2OS. The SMILES string of the molecule is CC(C)(CNC(=O)c1cnccc1Cl)c1cccs1. The van der Waals surface area contributed by atoms with Crippen LogP contribution in [-0.2, 0) is 5.41 Å². The van der Waals surface area contributed by atoms with E-state index in [4.69, 9.17) is 11.6 Å². The first-order chi connectivity index (χ1) is 9.00. The zero-order valence-electron chi connectivity index (χ0n) is 10.8. The topological polar surface area (TPSA) is 42.0 Å². The van der Waals surface area contributed by atoms with Gasteiger partial charge in [0, 0.05) is 29.2 Å². The maximum atomic E-state index is 12.0. The first-order valence-corrected chi connectivity index (χ1v) is 7.18. The van der Waals surface area contributed by atoms with Crippen molar-refractivity contribution in [3.63, 3.8) is 0 Å². The molecule has 0 saturated carbocycles. The van der Waals surface area contributed by atoms with Gasteiger partial charge in [-0.25, -0.2) is 0 Å².